The standard InChI is InChI=1S/C44H27N3O.C38H23N3O.C32H19N3O/c1-2-10-28(11-3-1)29-18-20-31(21-19-29)44-45-37-15-7-4-13-35(37)42(46-44)30-22-24-32(25-23-30)47-38-16-8-5-14-36(38)41-39(47)27-26-34-33-12-6-9-17-40(33)48-43(34)41;1-2-10-24(11-3-1)25-18-20-26(21-19-25)37-39-31-15-7-4-13-29(31)38(40-37)41-32-16-8-5-14-30(32)35-33(41)23-22-28-27-12-6-9-17-34(27)42-36(28)35;1-2-10-20(11-3-1)30-23-13-4-7-15-25(23)33-32(34-30)35-26-16-8-5-14-24(26)29-27(35)19-18-22-21-12-6-9-17-28(21)36-31(22)29/h1-27H;1-23H;1-19H. The molecule has 0 amide bonds. The second-order valence-corrected chi connectivity index (χ2v) is 31.9. The highest BCUT2D eigenvalue weighted by molar-refractivity contribution is 6.27. The van der Waals surface area contributed by atoms with Gasteiger partial charge in [-0.25, -0.2) is 29.9 Å². The molecule has 0 atom stereocenters. The lowest BCUT2D eigenvalue weighted by molar-refractivity contribution is 0.672. The maximum absolute atomic E-state index is 6.51. The van der Waals surface area contributed by atoms with Gasteiger partial charge < -0.3 is 17.8 Å². The summed E-state index contributed by atoms with van der Waals surface area (Å²) < 4.78 is 26.2. The van der Waals surface area contributed by atoms with Gasteiger partial charge in [0, 0.05) is 92.6 Å². The van der Waals surface area contributed by atoms with Crippen molar-refractivity contribution in [3.05, 3.63) is 419 Å². The second-order valence-electron chi connectivity index (χ2n) is 31.9. The molecule has 0 saturated carbocycles. The number of nitrogens with zero attached hydrogens (tertiary/aromatic N) is 9. The fraction of sp³-hybridized carbons (Fsp3) is 0. The van der Waals surface area contributed by atoms with Crippen LogP contribution in [-0.4, -0.2) is 43.6 Å². The third-order valence-corrected chi connectivity index (χ3v) is 24.7. The van der Waals surface area contributed by atoms with Crippen molar-refractivity contribution in [2.75, 3.05) is 0 Å². The summed E-state index contributed by atoms with van der Waals surface area (Å²) in [5.41, 5.74) is 26.3. The van der Waals surface area contributed by atoms with E-state index < -0.39 is 0 Å². The van der Waals surface area contributed by atoms with Crippen LogP contribution in [0.1, 0.15) is 0 Å². The molecule has 0 aliphatic rings. The highest BCUT2D eigenvalue weighted by Gasteiger charge is 2.26. The van der Waals surface area contributed by atoms with Gasteiger partial charge in [0.2, 0.25) is 5.95 Å². The minimum atomic E-state index is 0.647. The van der Waals surface area contributed by atoms with Crippen molar-refractivity contribution in [1.29, 1.82) is 0 Å². The van der Waals surface area contributed by atoms with Crippen LogP contribution in [0.15, 0.2) is 432 Å². The molecule has 0 radical (unpaired) electrons. The van der Waals surface area contributed by atoms with Crippen LogP contribution in [0.3, 0.4) is 0 Å². The number of rotatable bonds is 9. The van der Waals surface area contributed by atoms with Crippen LogP contribution in [0.25, 0.3) is 249 Å². The van der Waals surface area contributed by atoms with Gasteiger partial charge in [0.1, 0.15) is 39.3 Å². The zero-order valence-corrected chi connectivity index (χ0v) is 67.6. The lowest BCUT2D eigenvalue weighted by atomic mass is 10.0. The van der Waals surface area contributed by atoms with Crippen LogP contribution in [0.4, 0.5) is 0 Å². The van der Waals surface area contributed by atoms with E-state index in [0.717, 1.165) is 209 Å². The largest absolute Gasteiger partial charge is 0.455 e. The van der Waals surface area contributed by atoms with Crippen LogP contribution >= 0.6 is 0 Å². The first-order valence-electron chi connectivity index (χ1n) is 42.3. The minimum Gasteiger partial charge on any atom is -0.455 e. The third kappa shape index (κ3) is 11.8. The van der Waals surface area contributed by atoms with E-state index in [1.54, 1.807) is 0 Å². The van der Waals surface area contributed by atoms with Crippen molar-refractivity contribution < 1.29 is 13.3 Å². The molecule has 27 rings (SSSR count). The van der Waals surface area contributed by atoms with Crippen LogP contribution in [0.5, 0.6) is 0 Å². The molecule has 0 aliphatic carbocycles. The smallest absolute Gasteiger partial charge is 0.235 e. The van der Waals surface area contributed by atoms with Gasteiger partial charge in [-0.05, 0) is 131 Å². The van der Waals surface area contributed by atoms with Crippen molar-refractivity contribution in [3.8, 4) is 85.0 Å². The van der Waals surface area contributed by atoms with Gasteiger partial charge in [0.25, 0.3) is 0 Å². The van der Waals surface area contributed by atoms with Crippen molar-refractivity contribution >= 4 is 164 Å². The first-order valence-corrected chi connectivity index (χ1v) is 42.3. The molecule has 27 aromatic rings. The van der Waals surface area contributed by atoms with Crippen LogP contribution in [-0.2, 0) is 0 Å². The molecule has 18 aromatic carbocycles. The van der Waals surface area contributed by atoms with Gasteiger partial charge >= 0.3 is 0 Å². The van der Waals surface area contributed by atoms with E-state index in [2.05, 4.69) is 341 Å². The Kier molecular flexibility index (Phi) is 16.7. The molecule has 126 heavy (non-hydrogen) atoms. The topological polar surface area (TPSA) is 132 Å². The summed E-state index contributed by atoms with van der Waals surface area (Å²) >= 11 is 0. The Balaban J connectivity index is 0.000000104. The minimum absolute atomic E-state index is 0.647. The van der Waals surface area contributed by atoms with Gasteiger partial charge in [0.15, 0.2) is 11.6 Å². The van der Waals surface area contributed by atoms with E-state index in [9.17, 15) is 0 Å². The second kappa shape index (κ2) is 29.3. The highest BCUT2D eigenvalue weighted by atomic mass is 16.3. The molecule has 0 aliphatic heterocycles. The highest BCUT2D eigenvalue weighted by Crippen LogP contribution is 2.46. The van der Waals surface area contributed by atoms with Crippen molar-refractivity contribution in [2.45, 2.75) is 0 Å². The lowest BCUT2D eigenvalue weighted by Crippen LogP contribution is -2.03. The average molecular weight is 1610 g/mol. The van der Waals surface area contributed by atoms with E-state index in [1.807, 2.05) is 91.0 Å². The number of furan rings is 3. The van der Waals surface area contributed by atoms with Gasteiger partial charge in [-0.15, -0.1) is 0 Å². The molecular weight excluding hydrogens is 1540 g/mol. The molecular formula is C114H69N9O3. The van der Waals surface area contributed by atoms with E-state index in [4.69, 9.17) is 43.2 Å². The molecule has 0 bridgehead atoms. The SMILES string of the molecule is c1ccc(-c2ccc(-c3nc(-c4ccc(-n5c6ccccc6c6c7oc8ccccc8c7ccc65)cc4)c4ccccc4n3)cc2)cc1.c1ccc(-c2ccc(-c3nc(-n4c5ccccc5c5c6oc7ccccc7c6ccc54)c4ccccc4n3)cc2)cc1.c1ccc(-c2nc(-n3c4ccccc4c4c5oc6ccccc6c5ccc43)nc3ccccc23)cc1. The van der Waals surface area contributed by atoms with Crippen LogP contribution < -0.4 is 0 Å². The summed E-state index contributed by atoms with van der Waals surface area (Å²) in [7, 11) is 0. The molecule has 12 nitrogen and oxygen atoms in total. The zero-order valence-electron chi connectivity index (χ0n) is 67.6. The Hall–Kier alpha value is -17.2. The Morgan fingerprint density at radius 2 is 0.484 bits per heavy atom. The summed E-state index contributed by atoms with van der Waals surface area (Å²) in [6.45, 7) is 0. The zero-order chi connectivity index (χ0) is 82.9. The fourth-order valence-corrected chi connectivity index (χ4v) is 18.8. The van der Waals surface area contributed by atoms with Gasteiger partial charge in [-0.3, -0.25) is 9.13 Å². The molecule has 0 fully saturated rings. The Morgan fingerprint density at radius 3 is 0.952 bits per heavy atom. The molecule has 9 aromatic heterocycles. The van der Waals surface area contributed by atoms with E-state index >= 15 is 0 Å². The predicted molar refractivity (Wildman–Crippen MR) is 516 cm³/mol. The molecule has 0 saturated heterocycles. The van der Waals surface area contributed by atoms with E-state index in [1.165, 1.54) is 22.1 Å². The monoisotopic (exact) mass is 1610 g/mol. The number of fused-ring (bicyclic) bond motifs is 24. The molecule has 12 heteroatoms. The molecule has 0 spiro atoms. The Morgan fingerprint density at radius 1 is 0.175 bits per heavy atom. The summed E-state index contributed by atoms with van der Waals surface area (Å²) in [6, 6.07) is 145. The molecule has 9 heterocycles. The van der Waals surface area contributed by atoms with Crippen LogP contribution in [0, 0.1) is 0 Å². The van der Waals surface area contributed by atoms with E-state index in [0.29, 0.717) is 17.6 Å². The fourth-order valence-electron chi connectivity index (χ4n) is 18.8. The maximum Gasteiger partial charge on any atom is 0.235 e. The maximum atomic E-state index is 6.51. The summed E-state index contributed by atoms with van der Waals surface area (Å²) in [4.78, 5) is 30.6. The summed E-state index contributed by atoms with van der Waals surface area (Å²) in [6.07, 6.45) is 0. The summed E-state index contributed by atoms with van der Waals surface area (Å²) in [5, 5.41) is 16.5. The predicted octanol–water partition coefficient (Wildman–Crippen LogP) is 29.9. The van der Waals surface area contributed by atoms with Crippen molar-refractivity contribution in [2.24, 2.45) is 0 Å². The average Bonchev–Trinajstić information content (AvgIpc) is 1.56. The van der Waals surface area contributed by atoms with Crippen molar-refractivity contribution in [1.82, 2.24) is 43.6 Å². The number of aromatic nitrogens is 9. The first-order chi connectivity index (χ1) is 62.5. The molecule has 588 valence electrons. The van der Waals surface area contributed by atoms with Gasteiger partial charge in [-0.2, -0.15) is 0 Å². The Bertz CT molecular complexity index is 9020. The van der Waals surface area contributed by atoms with Crippen molar-refractivity contribution in [3.63, 3.8) is 0 Å². The van der Waals surface area contributed by atoms with E-state index in [-0.39, 0.29) is 0 Å². The number of benzene rings is 18. The Labute approximate surface area is 719 Å². The lowest BCUT2D eigenvalue weighted by Gasteiger charge is -2.13. The number of hydrogen-bond acceptors (Lipinski definition) is 9. The normalized spacial score (nSPS) is 11.8. The number of hydrogen-bond donors (Lipinski definition) is 0. The quantitative estimate of drug-likeness (QED) is 0.139. The first kappa shape index (κ1) is 71.7. The molecule has 0 unspecified atom stereocenters. The third-order valence-electron chi connectivity index (χ3n) is 24.7. The molecule has 0 N–H and O–H groups in total. The number of para-hydroxylation sites is 9. The summed E-state index contributed by atoms with van der Waals surface area (Å²) in [5.74, 6) is 2.90. The van der Waals surface area contributed by atoms with Gasteiger partial charge in [-0.1, -0.05) is 309 Å². The van der Waals surface area contributed by atoms with Crippen LogP contribution in [0.2, 0.25) is 0 Å². The van der Waals surface area contributed by atoms with Gasteiger partial charge in [0.05, 0.1) is 77.2 Å².